The summed E-state index contributed by atoms with van der Waals surface area (Å²) in [6.45, 7) is 9.73. The van der Waals surface area contributed by atoms with Gasteiger partial charge in [-0.15, -0.1) is 0 Å². The number of carbonyl (C=O) groups is 1. The van der Waals surface area contributed by atoms with E-state index in [9.17, 15) is 4.79 Å². The zero-order chi connectivity index (χ0) is 11.8. The Balaban J connectivity index is 3.87. The van der Waals surface area contributed by atoms with Crippen molar-refractivity contribution in [2.24, 2.45) is 23.5 Å². The molecule has 0 bridgehead atoms. The molecule has 0 heterocycles. The number of hydrogen-bond acceptors (Lipinski definition) is 2. The summed E-state index contributed by atoms with van der Waals surface area (Å²) in [5.74, 6) is 1.19. The molecule has 2 unspecified atom stereocenters. The highest BCUT2D eigenvalue weighted by molar-refractivity contribution is 5.78. The highest BCUT2D eigenvalue weighted by atomic mass is 16.1. The van der Waals surface area contributed by atoms with E-state index in [1.54, 1.807) is 0 Å². The standard InChI is InChI=1S/C12H26N2O/c1-5-11(6-7-13)8-14-12(15)10(4)9(2)3/h9-11H,5-8,13H2,1-4H3,(H,14,15). The molecule has 15 heavy (non-hydrogen) atoms. The molecule has 3 N–H and O–H groups in total. The summed E-state index contributed by atoms with van der Waals surface area (Å²) in [6, 6.07) is 0. The Labute approximate surface area is 93.8 Å². The van der Waals surface area contributed by atoms with Gasteiger partial charge in [-0.25, -0.2) is 0 Å². The minimum Gasteiger partial charge on any atom is -0.356 e. The van der Waals surface area contributed by atoms with Gasteiger partial charge in [0.2, 0.25) is 5.91 Å². The molecule has 0 aliphatic heterocycles. The van der Waals surface area contributed by atoms with Gasteiger partial charge < -0.3 is 11.1 Å². The van der Waals surface area contributed by atoms with Crippen LogP contribution in [0.1, 0.15) is 40.5 Å². The Morgan fingerprint density at radius 3 is 2.33 bits per heavy atom. The number of nitrogens with one attached hydrogen (secondary N) is 1. The lowest BCUT2D eigenvalue weighted by molar-refractivity contribution is -0.125. The van der Waals surface area contributed by atoms with Gasteiger partial charge in [0.1, 0.15) is 0 Å². The molecule has 0 spiro atoms. The number of hydrogen-bond donors (Lipinski definition) is 2. The largest absolute Gasteiger partial charge is 0.356 e. The van der Waals surface area contributed by atoms with E-state index in [4.69, 9.17) is 5.73 Å². The van der Waals surface area contributed by atoms with Crippen molar-refractivity contribution >= 4 is 5.91 Å². The van der Waals surface area contributed by atoms with Crippen molar-refractivity contribution in [2.45, 2.75) is 40.5 Å². The number of amides is 1. The monoisotopic (exact) mass is 214 g/mol. The number of rotatable bonds is 7. The first-order valence-electron chi connectivity index (χ1n) is 6.00. The Morgan fingerprint density at radius 1 is 1.33 bits per heavy atom. The van der Waals surface area contributed by atoms with Gasteiger partial charge in [0, 0.05) is 12.5 Å². The summed E-state index contributed by atoms with van der Waals surface area (Å²) in [5, 5.41) is 3.01. The van der Waals surface area contributed by atoms with Crippen molar-refractivity contribution in [3.63, 3.8) is 0 Å². The lowest BCUT2D eigenvalue weighted by Gasteiger charge is -2.19. The molecule has 0 aromatic carbocycles. The van der Waals surface area contributed by atoms with Crippen molar-refractivity contribution in [3.8, 4) is 0 Å². The molecular weight excluding hydrogens is 188 g/mol. The summed E-state index contributed by atoms with van der Waals surface area (Å²) in [6.07, 6.45) is 2.07. The van der Waals surface area contributed by atoms with Crippen LogP contribution in [0.25, 0.3) is 0 Å². The predicted octanol–water partition coefficient (Wildman–Crippen LogP) is 1.77. The maximum absolute atomic E-state index is 11.7. The van der Waals surface area contributed by atoms with Crippen LogP contribution in [0.4, 0.5) is 0 Å². The van der Waals surface area contributed by atoms with Crippen molar-refractivity contribution in [1.82, 2.24) is 5.32 Å². The molecule has 0 rings (SSSR count). The van der Waals surface area contributed by atoms with E-state index in [1.165, 1.54) is 0 Å². The molecule has 0 aliphatic carbocycles. The first kappa shape index (κ1) is 14.4. The summed E-state index contributed by atoms with van der Waals surface area (Å²) in [5.41, 5.74) is 5.51. The fourth-order valence-electron chi connectivity index (χ4n) is 1.39. The third-order valence-electron chi connectivity index (χ3n) is 3.13. The molecular formula is C12H26N2O. The fraction of sp³-hybridized carbons (Fsp3) is 0.917. The van der Waals surface area contributed by atoms with E-state index < -0.39 is 0 Å². The lowest BCUT2D eigenvalue weighted by atomic mass is 9.96. The van der Waals surface area contributed by atoms with E-state index in [2.05, 4.69) is 26.1 Å². The van der Waals surface area contributed by atoms with Gasteiger partial charge in [-0.1, -0.05) is 34.1 Å². The van der Waals surface area contributed by atoms with Crippen LogP contribution in [0.2, 0.25) is 0 Å². The molecule has 0 aliphatic rings. The summed E-state index contributed by atoms with van der Waals surface area (Å²) in [4.78, 5) is 11.7. The maximum atomic E-state index is 11.7. The average molecular weight is 214 g/mol. The van der Waals surface area contributed by atoms with Crippen molar-refractivity contribution in [2.75, 3.05) is 13.1 Å². The second-order valence-corrected chi connectivity index (χ2v) is 4.63. The summed E-state index contributed by atoms with van der Waals surface area (Å²) >= 11 is 0. The maximum Gasteiger partial charge on any atom is 0.223 e. The topological polar surface area (TPSA) is 55.1 Å². The Morgan fingerprint density at radius 2 is 1.93 bits per heavy atom. The highest BCUT2D eigenvalue weighted by Gasteiger charge is 2.17. The molecule has 3 nitrogen and oxygen atoms in total. The van der Waals surface area contributed by atoms with Gasteiger partial charge in [0.15, 0.2) is 0 Å². The van der Waals surface area contributed by atoms with Gasteiger partial charge in [-0.2, -0.15) is 0 Å². The van der Waals surface area contributed by atoms with Crippen molar-refractivity contribution in [3.05, 3.63) is 0 Å². The third-order valence-corrected chi connectivity index (χ3v) is 3.13. The molecule has 3 heteroatoms. The molecule has 0 aromatic heterocycles. The second kappa shape index (κ2) is 7.69. The minimum atomic E-state index is 0.0976. The van der Waals surface area contributed by atoms with Gasteiger partial charge in [0.25, 0.3) is 0 Å². The SMILES string of the molecule is CCC(CCN)CNC(=O)C(C)C(C)C. The first-order chi connectivity index (χ1) is 7.02. The van der Waals surface area contributed by atoms with Crippen molar-refractivity contribution in [1.29, 1.82) is 0 Å². The van der Waals surface area contributed by atoms with Crippen LogP contribution in [0.5, 0.6) is 0 Å². The molecule has 2 atom stereocenters. The van der Waals surface area contributed by atoms with Gasteiger partial charge in [0.05, 0.1) is 0 Å². The Hall–Kier alpha value is -0.570. The Kier molecular flexibility index (Phi) is 7.39. The van der Waals surface area contributed by atoms with Gasteiger partial charge in [-0.3, -0.25) is 4.79 Å². The summed E-state index contributed by atoms with van der Waals surface area (Å²) in [7, 11) is 0. The number of nitrogens with two attached hydrogens (primary N) is 1. The zero-order valence-electron chi connectivity index (χ0n) is 10.5. The van der Waals surface area contributed by atoms with Crippen molar-refractivity contribution < 1.29 is 4.79 Å². The van der Waals surface area contributed by atoms with E-state index in [-0.39, 0.29) is 11.8 Å². The van der Waals surface area contributed by atoms with E-state index >= 15 is 0 Å². The van der Waals surface area contributed by atoms with E-state index in [0.29, 0.717) is 18.4 Å². The van der Waals surface area contributed by atoms with E-state index in [1.807, 2.05) is 6.92 Å². The average Bonchev–Trinajstić information content (AvgIpc) is 2.22. The van der Waals surface area contributed by atoms with Crippen LogP contribution < -0.4 is 11.1 Å². The first-order valence-corrected chi connectivity index (χ1v) is 6.00. The molecule has 0 radical (unpaired) electrons. The van der Waals surface area contributed by atoms with Crippen LogP contribution in [0, 0.1) is 17.8 Å². The normalized spacial score (nSPS) is 15.1. The Bertz CT molecular complexity index is 180. The quantitative estimate of drug-likeness (QED) is 0.678. The predicted molar refractivity (Wildman–Crippen MR) is 64.5 cm³/mol. The van der Waals surface area contributed by atoms with Gasteiger partial charge in [-0.05, 0) is 24.8 Å². The molecule has 0 fully saturated rings. The third kappa shape index (κ3) is 5.78. The zero-order valence-corrected chi connectivity index (χ0v) is 10.5. The molecule has 90 valence electrons. The number of carbonyl (C=O) groups excluding carboxylic acids is 1. The molecule has 0 saturated heterocycles. The van der Waals surface area contributed by atoms with Crippen LogP contribution in [0.3, 0.4) is 0 Å². The smallest absolute Gasteiger partial charge is 0.223 e. The molecule has 0 aromatic rings. The van der Waals surface area contributed by atoms with Crippen LogP contribution in [-0.4, -0.2) is 19.0 Å². The summed E-state index contributed by atoms with van der Waals surface area (Å²) < 4.78 is 0. The molecule has 0 saturated carbocycles. The lowest BCUT2D eigenvalue weighted by Crippen LogP contribution is -2.35. The van der Waals surface area contributed by atoms with Crippen LogP contribution >= 0.6 is 0 Å². The van der Waals surface area contributed by atoms with Gasteiger partial charge >= 0.3 is 0 Å². The van der Waals surface area contributed by atoms with E-state index in [0.717, 1.165) is 19.4 Å². The fourth-order valence-corrected chi connectivity index (χ4v) is 1.39. The second-order valence-electron chi connectivity index (χ2n) is 4.63. The minimum absolute atomic E-state index is 0.0976. The van der Waals surface area contributed by atoms with Crippen LogP contribution in [0.15, 0.2) is 0 Å². The highest BCUT2D eigenvalue weighted by Crippen LogP contribution is 2.10. The molecule has 1 amide bonds. The van der Waals surface area contributed by atoms with Crippen LogP contribution in [-0.2, 0) is 4.79 Å².